The lowest BCUT2D eigenvalue weighted by Crippen LogP contribution is -2.17. The molecule has 1 aromatic heterocycles. The number of nitrogens with zero attached hydrogens (tertiary/aromatic N) is 1. The second-order valence-electron chi connectivity index (χ2n) is 7.22. The van der Waals surface area contributed by atoms with Crippen LogP contribution in [0.15, 0.2) is 24.3 Å². The van der Waals surface area contributed by atoms with Gasteiger partial charge in [-0.15, -0.1) is 0 Å². The van der Waals surface area contributed by atoms with Crippen molar-refractivity contribution in [2.24, 2.45) is 0 Å². The number of aryl methyl sites for hydroxylation is 2. The minimum Gasteiger partial charge on any atom is -0.377 e. The van der Waals surface area contributed by atoms with E-state index in [2.05, 4.69) is 69.6 Å². The molecule has 0 aliphatic heterocycles. The van der Waals surface area contributed by atoms with Crippen LogP contribution in [0.25, 0.3) is 0 Å². The Kier molecular flexibility index (Phi) is 5.53. The van der Waals surface area contributed by atoms with Crippen molar-refractivity contribution in [2.45, 2.75) is 60.4 Å². The molecule has 1 N–H and O–H groups in total. The van der Waals surface area contributed by atoms with Gasteiger partial charge >= 0.3 is 0 Å². The highest BCUT2D eigenvalue weighted by molar-refractivity contribution is 6.00. The first-order valence-electron chi connectivity index (χ1n) is 8.79. The predicted octanol–water partition coefficient (Wildman–Crippen LogP) is 5.41. The molecule has 0 spiro atoms. The zero-order valence-corrected chi connectivity index (χ0v) is 16.0. The number of para-hydroxylation sites is 1. The topological polar surface area (TPSA) is 34.0 Å². The molecule has 0 aliphatic carbocycles. The summed E-state index contributed by atoms with van der Waals surface area (Å²) >= 11 is 0. The zero-order chi connectivity index (χ0) is 18.0. The van der Waals surface area contributed by atoms with Crippen LogP contribution in [0.5, 0.6) is 0 Å². The van der Waals surface area contributed by atoms with E-state index in [-0.39, 0.29) is 5.78 Å². The molecule has 0 bridgehead atoms. The Morgan fingerprint density at radius 1 is 1.12 bits per heavy atom. The van der Waals surface area contributed by atoms with Gasteiger partial charge in [0, 0.05) is 28.7 Å². The summed E-state index contributed by atoms with van der Waals surface area (Å²) in [5, 5.41) is 3.39. The maximum absolute atomic E-state index is 12.7. The van der Waals surface area contributed by atoms with Gasteiger partial charge in [-0.1, -0.05) is 32.0 Å². The van der Waals surface area contributed by atoms with Crippen LogP contribution in [0, 0.1) is 20.8 Å². The fourth-order valence-corrected chi connectivity index (χ4v) is 3.53. The number of aromatic nitrogens is 1. The molecular formula is C21H30N2O. The number of ketones is 1. The van der Waals surface area contributed by atoms with Crippen molar-refractivity contribution < 1.29 is 4.79 Å². The minimum absolute atomic E-state index is 0.146. The van der Waals surface area contributed by atoms with Crippen LogP contribution in [0.1, 0.15) is 72.5 Å². The largest absolute Gasteiger partial charge is 0.377 e. The van der Waals surface area contributed by atoms with Crippen molar-refractivity contribution in [1.29, 1.82) is 0 Å². The molecule has 0 atom stereocenters. The molecule has 0 fully saturated rings. The van der Waals surface area contributed by atoms with Gasteiger partial charge in [-0.05, 0) is 57.7 Å². The summed E-state index contributed by atoms with van der Waals surface area (Å²) < 4.78 is 2.22. The molecule has 2 rings (SSSR count). The van der Waals surface area contributed by atoms with Crippen LogP contribution >= 0.6 is 0 Å². The molecule has 130 valence electrons. The molecule has 1 heterocycles. The van der Waals surface area contributed by atoms with Crippen LogP contribution < -0.4 is 5.32 Å². The van der Waals surface area contributed by atoms with Gasteiger partial charge in [0.1, 0.15) is 0 Å². The standard InChI is InChI=1S/C21H30N2O/c1-13(2)18-10-8-9-15(5)21(18)22-12-20(24)19-11-16(6)23(14(3)4)17(19)7/h8-11,13-14,22H,12H2,1-7H3. The lowest BCUT2D eigenvalue weighted by molar-refractivity contribution is 0.101. The van der Waals surface area contributed by atoms with E-state index in [1.54, 1.807) is 0 Å². The van der Waals surface area contributed by atoms with Crippen LogP contribution in [0.3, 0.4) is 0 Å². The van der Waals surface area contributed by atoms with Crippen molar-refractivity contribution >= 4 is 11.5 Å². The number of carbonyl (C=O) groups excluding carboxylic acids is 1. The van der Waals surface area contributed by atoms with E-state index in [9.17, 15) is 4.79 Å². The third-order valence-electron chi connectivity index (χ3n) is 4.65. The smallest absolute Gasteiger partial charge is 0.183 e. The lowest BCUT2D eigenvalue weighted by atomic mass is 9.98. The predicted molar refractivity (Wildman–Crippen MR) is 102 cm³/mol. The summed E-state index contributed by atoms with van der Waals surface area (Å²) in [7, 11) is 0. The molecule has 0 radical (unpaired) electrons. The summed E-state index contributed by atoms with van der Waals surface area (Å²) in [4.78, 5) is 12.7. The van der Waals surface area contributed by atoms with E-state index >= 15 is 0 Å². The van der Waals surface area contributed by atoms with Crippen LogP contribution in [0.4, 0.5) is 5.69 Å². The van der Waals surface area contributed by atoms with Gasteiger partial charge in [0.25, 0.3) is 0 Å². The SMILES string of the molecule is Cc1cccc(C(C)C)c1NCC(=O)c1cc(C)n(C(C)C)c1C. The molecule has 2 aromatic rings. The second kappa shape index (κ2) is 7.25. The molecule has 1 aromatic carbocycles. The molecule has 0 saturated carbocycles. The van der Waals surface area contributed by atoms with Crippen molar-refractivity contribution in [3.8, 4) is 0 Å². The maximum Gasteiger partial charge on any atom is 0.183 e. The normalized spacial score (nSPS) is 11.4. The van der Waals surface area contributed by atoms with Crippen molar-refractivity contribution in [3.63, 3.8) is 0 Å². The average Bonchev–Trinajstić information content (AvgIpc) is 2.80. The third-order valence-corrected chi connectivity index (χ3v) is 4.65. The van der Waals surface area contributed by atoms with Crippen LogP contribution in [0.2, 0.25) is 0 Å². The van der Waals surface area contributed by atoms with Crippen molar-refractivity contribution in [3.05, 3.63) is 52.3 Å². The average molecular weight is 326 g/mol. The highest BCUT2D eigenvalue weighted by Crippen LogP contribution is 2.27. The Morgan fingerprint density at radius 3 is 2.33 bits per heavy atom. The Bertz CT molecular complexity index is 739. The van der Waals surface area contributed by atoms with Gasteiger partial charge in [0.2, 0.25) is 0 Å². The molecule has 0 unspecified atom stereocenters. The van der Waals surface area contributed by atoms with E-state index in [1.165, 1.54) is 11.1 Å². The maximum atomic E-state index is 12.7. The summed E-state index contributed by atoms with van der Waals surface area (Å²) in [6, 6.07) is 8.68. The van der Waals surface area contributed by atoms with Crippen LogP contribution in [-0.2, 0) is 0 Å². The summed E-state index contributed by atoms with van der Waals surface area (Å²) in [5.41, 5.74) is 6.57. The molecule has 0 saturated heterocycles. The second-order valence-corrected chi connectivity index (χ2v) is 7.22. The number of hydrogen-bond donors (Lipinski definition) is 1. The summed E-state index contributed by atoms with van der Waals surface area (Å²) in [5.74, 6) is 0.571. The Hall–Kier alpha value is -2.03. The van der Waals surface area contributed by atoms with Gasteiger partial charge in [0.05, 0.1) is 6.54 Å². The third kappa shape index (κ3) is 3.55. The Balaban J connectivity index is 2.23. The number of hydrogen-bond acceptors (Lipinski definition) is 2. The first-order valence-corrected chi connectivity index (χ1v) is 8.79. The zero-order valence-electron chi connectivity index (χ0n) is 16.0. The van der Waals surface area contributed by atoms with E-state index in [0.29, 0.717) is 18.5 Å². The number of nitrogens with one attached hydrogen (secondary N) is 1. The quantitative estimate of drug-likeness (QED) is 0.720. The van der Waals surface area contributed by atoms with Gasteiger partial charge in [0.15, 0.2) is 5.78 Å². The Labute approximate surface area is 146 Å². The number of rotatable bonds is 6. The van der Waals surface area contributed by atoms with Gasteiger partial charge in [-0.25, -0.2) is 0 Å². The molecule has 0 amide bonds. The highest BCUT2D eigenvalue weighted by atomic mass is 16.1. The van der Waals surface area contributed by atoms with E-state index in [0.717, 1.165) is 22.6 Å². The molecule has 24 heavy (non-hydrogen) atoms. The minimum atomic E-state index is 0.146. The van der Waals surface area contributed by atoms with E-state index < -0.39 is 0 Å². The monoisotopic (exact) mass is 326 g/mol. The first kappa shape index (κ1) is 18.3. The van der Waals surface area contributed by atoms with Gasteiger partial charge in [-0.2, -0.15) is 0 Å². The fourth-order valence-electron chi connectivity index (χ4n) is 3.53. The molecule has 3 heteroatoms. The Morgan fingerprint density at radius 2 is 1.79 bits per heavy atom. The lowest BCUT2D eigenvalue weighted by Gasteiger charge is -2.17. The van der Waals surface area contributed by atoms with Crippen molar-refractivity contribution in [1.82, 2.24) is 4.57 Å². The van der Waals surface area contributed by atoms with Gasteiger partial charge in [-0.3, -0.25) is 4.79 Å². The number of Topliss-reactive ketones (excluding diaryl/α,β-unsaturated/α-hetero) is 1. The van der Waals surface area contributed by atoms with E-state index in [4.69, 9.17) is 0 Å². The first-order chi connectivity index (χ1) is 11.2. The number of anilines is 1. The van der Waals surface area contributed by atoms with Gasteiger partial charge < -0.3 is 9.88 Å². The van der Waals surface area contributed by atoms with Crippen LogP contribution in [-0.4, -0.2) is 16.9 Å². The molecular weight excluding hydrogens is 296 g/mol. The molecule has 0 aliphatic rings. The summed E-state index contributed by atoms with van der Waals surface area (Å²) in [6.45, 7) is 15.2. The van der Waals surface area contributed by atoms with E-state index in [1.807, 2.05) is 13.0 Å². The molecule has 3 nitrogen and oxygen atoms in total. The fraction of sp³-hybridized carbons (Fsp3) is 0.476. The summed E-state index contributed by atoms with van der Waals surface area (Å²) in [6.07, 6.45) is 0. The number of carbonyl (C=O) groups is 1. The highest BCUT2D eigenvalue weighted by Gasteiger charge is 2.18. The van der Waals surface area contributed by atoms with Crippen molar-refractivity contribution in [2.75, 3.05) is 11.9 Å². The number of benzene rings is 1.